The molecule has 0 aliphatic carbocycles. The van der Waals surface area contributed by atoms with Crippen LogP contribution in [0.4, 0.5) is 5.82 Å². The van der Waals surface area contributed by atoms with Crippen molar-refractivity contribution in [2.24, 2.45) is 0 Å². The molecule has 5 rings (SSSR count). The average Bonchev–Trinajstić information content (AvgIpc) is 3.17. The molecule has 2 aliphatic rings. The van der Waals surface area contributed by atoms with Crippen molar-refractivity contribution in [3.63, 3.8) is 0 Å². The number of nitrogens with one attached hydrogen (secondary N) is 1. The van der Waals surface area contributed by atoms with Crippen molar-refractivity contribution in [1.29, 1.82) is 5.26 Å². The molecule has 2 fully saturated rings. The van der Waals surface area contributed by atoms with Crippen LogP contribution in [0.3, 0.4) is 0 Å². The molecule has 0 unspecified atom stereocenters. The minimum Gasteiger partial charge on any atom is -0.353 e. The predicted molar refractivity (Wildman–Crippen MR) is 118 cm³/mol. The van der Waals surface area contributed by atoms with E-state index in [1.165, 1.54) is 5.56 Å². The number of pyridine rings is 2. The van der Waals surface area contributed by atoms with Gasteiger partial charge in [-0.3, -0.25) is 0 Å². The number of aromatic nitrogens is 3. The summed E-state index contributed by atoms with van der Waals surface area (Å²) in [5.41, 5.74) is 3.40. The van der Waals surface area contributed by atoms with Crippen molar-refractivity contribution in [3.05, 3.63) is 53.5 Å². The monoisotopic (exact) mass is 436 g/mol. The maximum Gasteiger partial charge on any atom is 0.220 e. The maximum atomic E-state index is 13.2. The van der Waals surface area contributed by atoms with Gasteiger partial charge in [0.05, 0.1) is 5.56 Å². The van der Waals surface area contributed by atoms with Gasteiger partial charge in [-0.25, -0.2) is 22.7 Å². The van der Waals surface area contributed by atoms with Crippen molar-refractivity contribution in [3.8, 4) is 6.07 Å². The van der Waals surface area contributed by atoms with Crippen LogP contribution in [0, 0.1) is 18.3 Å². The minimum atomic E-state index is -3.37. The number of aryl methyl sites for hydroxylation is 1. The lowest BCUT2D eigenvalue weighted by Gasteiger charge is -2.43. The van der Waals surface area contributed by atoms with E-state index in [-0.39, 0.29) is 0 Å². The molecule has 0 radical (unpaired) electrons. The number of fused-ring (bicyclic) bond motifs is 1. The van der Waals surface area contributed by atoms with Gasteiger partial charge in [-0.1, -0.05) is 0 Å². The van der Waals surface area contributed by atoms with E-state index in [1.54, 1.807) is 22.6 Å². The fraction of sp³-hybridized carbons (Fsp3) is 0.409. The van der Waals surface area contributed by atoms with Gasteiger partial charge in [0, 0.05) is 49.7 Å². The number of piperidine rings is 1. The molecular weight excluding hydrogens is 412 g/mol. The fourth-order valence-electron chi connectivity index (χ4n) is 4.62. The van der Waals surface area contributed by atoms with E-state index in [0.717, 1.165) is 29.6 Å². The Balaban J connectivity index is 1.24. The summed E-state index contributed by atoms with van der Waals surface area (Å²) in [4.78, 5) is 13.9. The molecule has 5 heterocycles. The van der Waals surface area contributed by atoms with E-state index >= 15 is 0 Å². The number of sulfonamides is 1. The van der Waals surface area contributed by atoms with Gasteiger partial charge >= 0.3 is 0 Å². The molecule has 3 aromatic heterocycles. The zero-order valence-electron chi connectivity index (χ0n) is 17.3. The Morgan fingerprint density at radius 1 is 1.19 bits per heavy atom. The number of hydrogen-bond donors (Lipinski definition) is 1. The van der Waals surface area contributed by atoms with Crippen molar-refractivity contribution in [2.45, 2.75) is 30.9 Å². The normalized spacial score (nSPS) is 18.8. The molecule has 0 saturated carbocycles. The highest BCUT2D eigenvalue weighted by Crippen LogP contribution is 2.35. The predicted octanol–water partition coefficient (Wildman–Crippen LogP) is 2.54. The fourth-order valence-corrected chi connectivity index (χ4v) is 6.50. The van der Waals surface area contributed by atoms with Crippen molar-refractivity contribution in [2.75, 3.05) is 31.1 Å². The van der Waals surface area contributed by atoms with Gasteiger partial charge < -0.3 is 9.88 Å². The molecule has 2 aliphatic heterocycles. The topological polar surface area (TPSA) is 106 Å². The lowest BCUT2D eigenvalue weighted by molar-refractivity contribution is 0.313. The van der Waals surface area contributed by atoms with Crippen LogP contribution in [-0.4, -0.2) is 59.1 Å². The van der Waals surface area contributed by atoms with E-state index in [4.69, 9.17) is 0 Å². The highest BCUT2D eigenvalue weighted by molar-refractivity contribution is 7.89. The third-order valence-corrected chi connectivity index (χ3v) is 8.67. The first-order chi connectivity index (χ1) is 15.0. The first kappa shape index (κ1) is 20.0. The Morgan fingerprint density at radius 3 is 2.71 bits per heavy atom. The summed E-state index contributed by atoms with van der Waals surface area (Å²) in [5.74, 6) is 0.914. The number of hydrogen-bond acceptors (Lipinski definition) is 6. The molecule has 0 spiro atoms. The van der Waals surface area contributed by atoms with Gasteiger partial charge in [0.25, 0.3) is 0 Å². The van der Waals surface area contributed by atoms with Crippen LogP contribution in [0.1, 0.15) is 35.6 Å². The zero-order chi connectivity index (χ0) is 21.6. The molecule has 8 nitrogen and oxygen atoms in total. The van der Waals surface area contributed by atoms with Crippen LogP contribution >= 0.6 is 0 Å². The molecule has 3 aromatic rings. The van der Waals surface area contributed by atoms with Gasteiger partial charge in [0.15, 0.2) is 0 Å². The molecule has 31 heavy (non-hydrogen) atoms. The lowest BCUT2D eigenvalue weighted by atomic mass is 9.90. The second kappa shape index (κ2) is 7.62. The lowest BCUT2D eigenvalue weighted by Crippen LogP contribution is -2.59. The molecule has 0 aromatic carbocycles. The SMILES string of the molecule is Cc1ccc(C#N)c(N2CC(S(=O)(=O)N3CCC(c4c[nH]c5ncccc45)CC3)C2)n1. The number of H-pyrrole nitrogens is 1. The number of anilines is 1. The number of nitrogens with zero attached hydrogens (tertiary/aromatic N) is 5. The third-order valence-electron chi connectivity index (χ3n) is 6.44. The van der Waals surface area contributed by atoms with E-state index in [1.807, 2.05) is 24.1 Å². The molecular formula is C22H24N6O2S. The molecule has 9 heteroatoms. The van der Waals surface area contributed by atoms with E-state index in [0.29, 0.717) is 43.5 Å². The Hall–Kier alpha value is -2.96. The molecule has 160 valence electrons. The molecule has 0 atom stereocenters. The second-order valence-corrected chi connectivity index (χ2v) is 10.5. The average molecular weight is 437 g/mol. The van der Waals surface area contributed by atoms with Crippen molar-refractivity contribution in [1.82, 2.24) is 19.3 Å². The van der Waals surface area contributed by atoms with Crippen molar-refractivity contribution >= 4 is 26.9 Å². The van der Waals surface area contributed by atoms with Gasteiger partial charge in [0.2, 0.25) is 10.0 Å². The van der Waals surface area contributed by atoms with Crippen LogP contribution < -0.4 is 4.90 Å². The molecule has 0 amide bonds. The summed E-state index contributed by atoms with van der Waals surface area (Å²) >= 11 is 0. The zero-order valence-corrected chi connectivity index (χ0v) is 18.1. The summed E-state index contributed by atoms with van der Waals surface area (Å²) in [6, 6.07) is 9.68. The number of nitriles is 1. The summed E-state index contributed by atoms with van der Waals surface area (Å²) < 4.78 is 28.0. The Bertz CT molecular complexity index is 1260. The highest BCUT2D eigenvalue weighted by atomic mass is 32.2. The van der Waals surface area contributed by atoms with Gasteiger partial charge in [-0.05, 0) is 55.5 Å². The first-order valence-corrected chi connectivity index (χ1v) is 12.0. The third kappa shape index (κ3) is 3.46. The standard InChI is InChI=1S/C22H24N6O2S/c1-15-4-5-17(11-23)22(26-15)27-13-18(14-27)31(29,30)28-9-6-16(7-10-28)20-12-25-21-19(20)3-2-8-24-21/h2-5,8,12,16,18H,6-7,9-10,13-14H2,1H3,(H,24,25). The van der Waals surface area contributed by atoms with Crippen LogP contribution in [-0.2, 0) is 10.0 Å². The number of aromatic amines is 1. The summed E-state index contributed by atoms with van der Waals surface area (Å²) in [5, 5.41) is 10.0. The van der Waals surface area contributed by atoms with Crippen LogP contribution in [0.2, 0.25) is 0 Å². The van der Waals surface area contributed by atoms with Gasteiger partial charge in [-0.15, -0.1) is 0 Å². The highest BCUT2D eigenvalue weighted by Gasteiger charge is 2.43. The summed E-state index contributed by atoms with van der Waals surface area (Å²) in [7, 11) is -3.37. The minimum absolute atomic E-state index is 0.331. The van der Waals surface area contributed by atoms with Gasteiger partial charge in [0.1, 0.15) is 22.8 Å². The smallest absolute Gasteiger partial charge is 0.220 e. The Morgan fingerprint density at radius 2 is 1.97 bits per heavy atom. The quantitative estimate of drug-likeness (QED) is 0.674. The van der Waals surface area contributed by atoms with E-state index in [2.05, 4.69) is 27.1 Å². The number of rotatable bonds is 4. The van der Waals surface area contributed by atoms with Crippen LogP contribution in [0.5, 0.6) is 0 Å². The van der Waals surface area contributed by atoms with E-state index in [9.17, 15) is 13.7 Å². The summed E-state index contributed by atoms with van der Waals surface area (Å²) in [6.07, 6.45) is 5.38. The molecule has 0 bridgehead atoms. The Labute approximate surface area is 181 Å². The van der Waals surface area contributed by atoms with E-state index < -0.39 is 15.3 Å². The maximum absolute atomic E-state index is 13.2. The Kier molecular flexibility index (Phi) is 4.91. The second-order valence-electron chi connectivity index (χ2n) is 8.32. The van der Waals surface area contributed by atoms with Crippen LogP contribution in [0.15, 0.2) is 36.7 Å². The first-order valence-electron chi connectivity index (χ1n) is 10.5. The van der Waals surface area contributed by atoms with Crippen molar-refractivity contribution < 1.29 is 8.42 Å². The summed E-state index contributed by atoms with van der Waals surface area (Å²) in [6.45, 7) is 3.68. The molecule has 2 saturated heterocycles. The largest absolute Gasteiger partial charge is 0.353 e. The molecule has 1 N–H and O–H groups in total. The van der Waals surface area contributed by atoms with Gasteiger partial charge in [-0.2, -0.15) is 5.26 Å². The van der Waals surface area contributed by atoms with Crippen LogP contribution in [0.25, 0.3) is 11.0 Å².